The van der Waals surface area contributed by atoms with Crippen LogP contribution in [0.1, 0.15) is 36.0 Å². The first-order chi connectivity index (χ1) is 10.3. The van der Waals surface area contributed by atoms with Crippen molar-refractivity contribution in [1.29, 1.82) is 0 Å². The number of nitrogens with one attached hydrogen (secondary N) is 1. The molecule has 1 N–H and O–H groups in total. The Kier molecular flexibility index (Phi) is 4.45. The topological polar surface area (TPSA) is 64.1 Å². The molecule has 0 spiro atoms. The van der Waals surface area contributed by atoms with Gasteiger partial charge in [-0.2, -0.15) is 11.3 Å². The Morgan fingerprint density at radius 3 is 2.67 bits per heavy atom. The minimum atomic E-state index is 0.0204. The molecule has 2 aromatic rings. The Bertz CT molecular complexity index is 566. The summed E-state index contributed by atoms with van der Waals surface area (Å²) in [6.45, 7) is 0. The summed E-state index contributed by atoms with van der Waals surface area (Å²) in [5.74, 6) is 0.0204. The van der Waals surface area contributed by atoms with Crippen LogP contribution in [0.15, 0.2) is 35.3 Å². The lowest BCUT2D eigenvalue weighted by Gasteiger charge is -2.28. The number of hydrogen-bond acceptors (Lipinski definition) is 5. The van der Waals surface area contributed by atoms with Crippen LogP contribution >= 0.6 is 11.3 Å². The number of nitrogens with zero attached hydrogens (tertiary/aromatic N) is 2. The van der Waals surface area contributed by atoms with Crippen LogP contribution in [0.2, 0.25) is 0 Å². The standard InChI is InChI=1S/C15H17N3O2S/c19-14(11-6-9-21-10-11)18-12-2-4-13(5-3-12)20-15-16-7-1-8-17-15/h1,6-10,12-13H,2-5H2,(H,18,19). The molecule has 21 heavy (non-hydrogen) atoms. The molecule has 0 aromatic carbocycles. The van der Waals surface area contributed by atoms with Gasteiger partial charge in [0.05, 0.1) is 0 Å². The number of hydrogen-bond donors (Lipinski definition) is 1. The highest BCUT2D eigenvalue weighted by atomic mass is 32.1. The van der Waals surface area contributed by atoms with Crippen molar-refractivity contribution in [3.8, 4) is 6.01 Å². The minimum Gasteiger partial charge on any atom is -0.460 e. The Labute approximate surface area is 127 Å². The van der Waals surface area contributed by atoms with E-state index in [1.165, 1.54) is 11.3 Å². The van der Waals surface area contributed by atoms with Crippen LogP contribution in [0.5, 0.6) is 6.01 Å². The van der Waals surface area contributed by atoms with Gasteiger partial charge in [0.25, 0.3) is 5.91 Å². The molecule has 0 bridgehead atoms. The van der Waals surface area contributed by atoms with E-state index in [9.17, 15) is 4.79 Å². The predicted molar refractivity (Wildman–Crippen MR) is 80.5 cm³/mol. The molecule has 1 amide bonds. The Morgan fingerprint density at radius 1 is 1.24 bits per heavy atom. The van der Waals surface area contributed by atoms with Gasteiger partial charge in [-0.05, 0) is 43.2 Å². The molecule has 6 heteroatoms. The van der Waals surface area contributed by atoms with Gasteiger partial charge in [0.2, 0.25) is 0 Å². The molecule has 3 rings (SSSR count). The average molecular weight is 303 g/mol. The molecule has 2 aromatic heterocycles. The third-order valence-corrected chi connectivity index (χ3v) is 4.29. The molecule has 1 aliphatic carbocycles. The van der Waals surface area contributed by atoms with Crippen LogP contribution in [-0.2, 0) is 0 Å². The van der Waals surface area contributed by atoms with Gasteiger partial charge in [0.1, 0.15) is 6.10 Å². The summed E-state index contributed by atoms with van der Waals surface area (Å²) in [7, 11) is 0. The van der Waals surface area contributed by atoms with Gasteiger partial charge in [-0.1, -0.05) is 0 Å². The van der Waals surface area contributed by atoms with Crippen molar-refractivity contribution >= 4 is 17.2 Å². The van der Waals surface area contributed by atoms with E-state index in [0.717, 1.165) is 31.2 Å². The molecule has 5 nitrogen and oxygen atoms in total. The highest BCUT2D eigenvalue weighted by Crippen LogP contribution is 2.22. The zero-order chi connectivity index (χ0) is 14.5. The Balaban J connectivity index is 1.46. The molecule has 110 valence electrons. The lowest BCUT2D eigenvalue weighted by molar-refractivity contribution is 0.0885. The summed E-state index contributed by atoms with van der Waals surface area (Å²) < 4.78 is 5.75. The van der Waals surface area contributed by atoms with E-state index in [1.807, 2.05) is 16.8 Å². The molecule has 0 atom stereocenters. The van der Waals surface area contributed by atoms with Crippen LogP contribution in [0.4, 0.5) is 0 Å². The maximum absolute atomic E-state index is 12.0. The summed E-state index contributed by atoms with van der Waals surface area (Å²) >= 11 is 1.54. The van der Waals surface area contributed by atoms with Crippen molar-refractivity contribution in [1.82, 2.24) is 15.3 Å². The second-order valence-electron chi connectivity index (χ2n) is 5.11. The van der Waals surface area contributed by atoms with Gasteiger partial charge in [-0.15, -0.1) is 0 Å². The molecular formula is C15H17N3O2S. The first kappa shape index (κ1) is 14.0. The lowest BCUT2D eigenvalue weighted by atomic mass is 9.93. The van der Waals surface area contributed by atoms with E-state index in [2.05, 4.69) is 15.3 Å². The second kappa shape index (κ2) is 6.67. The van der Waals surface area contributed by atoms with Gasteiger partial charge in [0, 0.05) is 29.4 Å². The minimum absolute atomic E-state index is 0.0204. The van der Waals surface area contributed by atoms with Crippen molar-refractivity contribution in [2.45, 2.75) is 37.8 Å². The van der Waals surface area contributed by atoms with Gasteiger partial charge in [-0.3, -0.25) is 4.79 Å². The number of aromatic nitrogens is 2. The zero-order valence-electron chi connectivity index (χ0n) is 11.6. The fourth-order valence-electron chi connectivity index (χ4n) is 2.48. The average Bonchev–Trinajstić information content (AvgIpc) is 3.05. The molecule has 0 unspecified atom stereocenters. The van der Waals surface area contributed by atoms with Crippen molar-refractivity contribution in [2.75, 3.05) is 0 Å². The molecule has 1 aliphatic rings. The smallest absolute Gasteiger partial charge is 0.316 e. The summed E-state index contributed by atoms with van der Waals surface area (Å²) in [4.78, 5) is 20.1. The molecule has 0 aliphatic heterocycles. The molecule has 0 radical (unpaired) electrons. The zero-order valence-corrected chi connectivity index (χ0v) is 12.4. The number of rotatable bonds is 4. The summed E-state index contributed by atoms with van der Waals surface area (Å²) in [5, 5.41) is 6.87. The molecule has 0 saturated heterocycles. The number of carbonyl (C=O) groups excluding carboxylic acids is 1. The number of carbonyl (C=O) groups is 1. The van der Waals surface area contributed by atoms with E-state index >= 15 is 0 Å². The summed E-state index contributed by atoms with van der Waals surface area (Å²) in [6.07, 6.45) is 7.16. The first-order valence-corrected chi connectivity index (χ1v) is 8.02. The monoisotopic (exact) mass is 303 g/mol. The van der Waals surface area contributed by atoms with Crippen LogP contribution in [0.25, 0.3) is 0 Å². The fraction of sp³-hybridized carbons (Fsp3) is 0.400. The highest BCUT2D eigenvalue weighted by molar-refractivity contribution is 7.08. The largest absolute Gasteiger partial charge is 0.460 e. The van der Waals surface area contributed by atoms with Gasteiger partial charge in [0.15, 0.2) is 0 Å². The number of ether oxygens (including phenoxy) is 1. The second-order valence-corrected chi connectivity index (χ2v) is 5.89. The quantitative estimate of drug-likeness (QED) is 0.943. The summed E-state index contributed by atoms with van der Waals surface area (Å²) in [6, 6.07) is 4.28. The van der Waals surface area contributed by atoms with E-state index in [0.29, 0.717) is 6.01 Å². The summed E-state index contributed by atoms with van der Waals surface area (Å²) in [5.41, 5.74) is 0.746. The lowest BCUT2D eigenvalue weighted by Crippen LogP contribution is -2.39. The number of thiophene rings is 1. The van der Waals surface area contributed by atoms with E-state index in [4.69, 9.17) is 4.74 Å². The Hall–Kier alpha value is -1.95. The maximum Gasteiger partial charge on any atom is 0.316 e. The van der Waals surface area contributed by atoms with Crippen molar-refractivity contribution in [2.24, 2.45) is 0 Å². The highest BCUT2D eigenvalue weighted by Gasteiger charge is 2.24. The first-order valence-electron chi connectivity index (χ1n) is 7.08. The fourth-order valence-corrected chi connectivity index (χ4v) is 3.12. The normalized spacial score (nSPS) is 21.7. The molecular weight excluding hydrogens is 286 g/mol. The van der Waals surface area contributed by atoms with Crippen LogP contribution in [0.3, 0.4) is 0 Å². The van der Waals surface area contributed by atoms with Crippen molar-refractivity contribution in [3.05, 3.63) is 40.8 Å². The molecule has 2 heterocycles. The van der Waals surface area contributed by atoms with Gasteiger partial charge < -0.3 is 10.1 Å². The molecule has 1 fully saturated rings. The van der Waals surface area contributed by atoms with Crippen LogP contribution in [-0.4, -0.2) is 28.0 Å². The third-order valence-electron chi connectivity index (χ3n) is 3.61. The van der Waals surface area contributed by atoms with Gasteiger partial charge in [-0.25, -0.2) is 9.97 Å². The Morgan fingerprint density at radius 2 is 2.00 bits per heavy atom. The van der Waals surface area contributed by atoms with E-state index in [-0.39, 0.29) is 18.1 Å². The third kappa shape index (κ3) is 3.78. The number of amides is 1. The SMILES string of the molecule is O=C(NC1CCC(Oc2ncccn2)CC1)c1ccsc1. The van der Waals surface area contributed by atoms with Gasteiger partial charge >= 0.3 is 6.01 Å². The van der Waals surface area contributed by atoms with Crippen molar-refractivity contribution < 1.29 is 9.53 Å². The van der Waals surface area contributed by atoms with E-state index < -0.39 is 0 Å². The molecule has 1 saturated carbocycles. The van der Waals surface area contributed by atoms with Crippen molar-refractivity contribution in [3.63, 3.8) is 0 Å². The maximum atomic E-state index is 12.0. The predicted octanol–water partition coefficient (Wildman–Crippen LogP) is 2.66. The van der Waals surface area contributed by atoms with Crippen LogP contribution in [0, 0.1) is 0 Å². The van der Waals surface area contributed by atoms with E-state index in [1.54, 1.807) is 18.5 Å². The van der Waals surface area contributed by atoms with Crippen LogP contribution < -0.4 is 10.1 Å².